The van der Waals surface area contributed by atoms with Crippen LogP contribution in [0, 0.1) is 0 Å². The molecule has 0 aliphatic carbocycles. The predicted molar refractivity (Wildman–Crippen MR) is 144 cm³/mol. The van der Waals surface area contributed by atoms with Gasteiger partial charge in [-0.05, 0) is 63.6 Å². The Morgan fingerprint density at radius 1 is 0.692 bits per heavy atom. The maximum atomic E-state index is 13.4. The van der Waals surface area contributed by atoms with Crippen molar-refractivity contribution < 1.29 is 34.2 Å². The number of rotatable bonds is 20. The summed E-state index contributed by atoms with van der Waals surface area (Å²) in [5.41, 5.74) is 17.6. The highest BCUT2D eigenvalue weighted by Crippen LogP contribution is 2.09. The van der Waals surface area contributed by atoms with Crippen molar-refractivity contribution in [2.45, 2.75) is 82.0 Å². The fourth-order valence-electron chi connectivity index (χ4n) is 3.80. The lowest BCUT2D eigenvalue weighted by Gasteiger charge is -2.25. The molecule has 11 N–H and O–H groups in total. The Labute approximate surface area is 228 Å². The van der Waals surface area contributed by atoms with Gasteiger partial charge >= 0.3 is 11.9 Å². The predicted octanol–water partition coefficient (Wildman–Crippen LogP) is -0.782. The Bertz CT molecular complexity index is 931. The molecule has 13 heteroatoms. The van der Waals surface area contributed by atoms with E-state index in [0.29, 0.717) is 38.8 Å². The van der Waals surface area contributed by atoms with Crippen molar-refractivity contribution in [3.63, 3.8) is 0 Å². The van der Waals surface area contributed by atoms with E-state index in [1.54, 1.807) is 30.3 Å². The van der Waals surface area contributed by atoms with Crippen molar-refractivity contribution in [2.24, 2.45) is 17.2 Å². The van der Waals surface area contributed by atoms with Gasteiger partial charge in [0.15, 0.2) is 0 Å². The van der Waals surface area contributed by atoms with E-state index in [4.69, 9.17) is 22.3 Å². The van der Waals surface area contributed by atoms with Crippen LogP contribution < -0.4 is 33.2 Å². The van der Waals surface area contributed by atoms with Gasteiger partial charge in [-0.1, -0.05) is 30.3 Å². The molecule has 0 aromatic heterocycles. The quantitative estimate of drug-likeness (QED) is 0.0941. The second-order valence-electron chi connectivity index (χ2n) is 9.32. The lowest BCUT2D eigenvalue weighted by Crippen LogP contribution is -2.57. The Morgan fingerprint density at radius 3 is 1.74 bits per heavy atom. The molecule has 0 aliphatic rings. The van der Waals surface area contributed by atoms with E-state index in [2.05, 4.69) is 16.0 Å². The SMILES string of the molecule is NCCCCC(NC(=O)C(CCCCN)NC(=O)C(Cc1ccccc1)NC(=O)C(N)CCC(=O)O)C(=O)O. The van der Waals surface area contributed by atoms with Crippen LogP contribution in [-0.4, -0.2) is 77.1 Å². The highest BCUT2D eigenvalue weighted by molar-refractivity contribution is 5.94. The molecular formula is C26H42N6O7. The van der Waals surface area contributed by atoms with Crippen LogP contribution in [0.2, 0.25) is 0 Å². The van der Waals surface area contributed by atoms with E-state index in [1.165, 1.54) is 0 Å². The summed E-state index contributed by atoms with van der Waals surface area (Å²) < 4.78 is 0. The smallest absolute Gasteiger partial charge is 0.326 e. The van der Waals surface area contributed by atoms with Crippen LogP contribution in [0.5, 0.6) is 0 Å². The van der Waals surface area contributed by atoms with Crippen LogP contribution in [0.4, 0.5) is 0 Å². The molecule has 3 amide bonds. The molecule has 1 aromatic rings. The van der Waals surface area contributed by atoms with E-state index in [1.807, 2.05) is 0 Å². The van der Waals surface area contributed by atoms with Crippen LogP contribution in [0.1, 0.15) is 56.9 Å². The average molecular weight is 551 g/mol. The van der Waals surface area contributed by atoms with Gasteiger partial charge in [-0.25, -0.2) is 4.79 Å². The van der Waals surface area contributed by atoms with Gasteiger partial charge in [0.1, 0.15) is 18.1 Å². The summed E-state index contributed by atoms with van der Waals surface area (Å²) in [6, 6.07) is 4.36. The van der Waals surface area contributed by atoms with Crippen LogP contribution in [0.3, 0.4) is 0 Å². The van der Waals surface area contributed by atoms with Crippen molar-refractivity contribution in [3.8, 4) is 0 Å². The number of amides is 3. The summed E-state index contributed by atoms with van der Waals surface area (Å²) in [5, 5.41) is 26.1. The van der Waals surface area contributed by atoms with Gasteiger partial charge in [-0.3, -0.25) is 19.2 Å². The summed E-state index contributed by atoms with van der Waals surface area (Å²) in [4.78, 5) is 61.6. The summed E-state index contributed by atoms with van der Waals surface area (Å²) in [5.74, 6) is -4.34. The van der Waals surface area contributed by atoms with Gasteiger partial charge in [0, 0.05) is 12.8 Å². The minimum atomic E-state index is -1.20. The van der Waals surface area contributed by atoms with E-state index >= 15 is 0 Å². The highest BCUT2D eigenvalue weighted by Gasteiger charge is 2.30. The molecule has 0 heterocycles. The zero-order valence-corrected chi connectivity index (χ0v) is 22.1. The summed E-state index contributed by atoms with van der Waals surface area (Å²) >= 11 is 0. The summed E-state index contributed by atoms with van der Waals surface area (Å²) in [6.07, 6.45) is 2.22. The molecule has 1 aromatic carbocycles. The highest BCUT2D eigenvalue weighted by atomic mass is 16.4. The van der Waals surface area contributed by atoms with E-state index < -0.39 is 53.8 Å². The number of benzene rings is 1. The molecule has 0 spiro atoms. The Morgan fingerprint density at radius 2 is 1.21 bits per heavy atom. The van der Waals surface area contributed by atoms with Crippen molar-refractivity contribution >= 4 is 29.7 Å². The summed E-state index contributed by atoms with van der Waals surface area (Å²) in [6.45, 7) is 0.770. The van der Waals surface area contributed by atoms with Crippen molar-refractivity contribution in [3.05, 3.63) is 35.9 Å². The normalized spacial score (nSPS) is 13.9. The van der Waals surface area contributed by atoms with Crippen molar-refractivity contribution in [1.82, 2.24) is 16.0 Å². The number of unbranched alkanes of at least 4 members (excludes halogenated alkanes) is 2. The van der Waals surface area contributed by atoms with Gasteiger partial charge in [0.2, 0.25) is 17.7 Å². The third kappa shape index (κ3) is 13.7. The van der Waals surface area contributed by atoms with Gasteiger partial charge in [-0.2, -0.15) is 0 Å². The minimum Gasteiger partial charge on any atom is -0.481 e. The van der Waals surface area contributed by atoms with Crippen molar-refractivity contribution in [1.29, 1.82) is 0 Å². The molecule has 39 heavy (non-hydrogen) atoms. The van der Waals surface area contributed by atoms with Crippen LogP contribution in [-0.2, 0) is 30.4 Å². The lowest BCUT2D eigenvalue weighted by atomic mass is 10.0. The van der Waals surface area contributed by atoms with Gasteiger partial charge in [0.25, 0.3) is 0 Å². The first-order valence-corrected chi connectivity index (χ1v) is 13.1. The van der Waals surface area contributed by atoms with Gasteiger partial charge in [-0.15, -0.1) is 0 Å². The Kier molecular flexibility index (Phi) is 16.0. The van der Waals surface area contributed by atoms with Gasteiger partial charge in [0.05, 0.1) is 6.04 Å². The summed E-state index contributed by atoms with van der Waals surface area (Å²) in [7, 11) is 0. The fraction of sp³-hybridized carbons (Fsp3) is 0.577. The fourth-order valence-corrected chi connectivity index (χ4v) is 3.80. The monoisotopic (exact) mass is 550 g/mol. The van der Waals surface area contributed by atoms with E-state index in [-0.39, 0.29) is 32.1 Å². The van der Waals surface area contributed by atoms with Crippen LogP contribution in [0.15, 0.2) is 30.3 Å². The Balaban J connectivity index is 3.06. The van der Waals surface area contributed by atoms with E-state index in [0.717, 1.165) is 5.56 Å². The Hall–Kier alpha value is -3.55. The maximum absolute atomic E-state index is 13.4. The molecule has 0 fully saturated rings. The molecule has 0 saturated heterocycles. The molecule has 0 bridgehead atoms. The standard InChI is InChI=1S/C26H42N6O7/c27-14-6-4-10-19(24(36)31-20(26(38)39)11-5-7-15-28)30-25(37)21(16-17-8-2-1-3-9-17)32-23(35)18(29)12-13-22(33)34/h1-3,8-9,18-21H,4-7,10-16,27-29H2,(H,30,37)(H,31,36)(H,32,35)(H,33,34)(H,38,39). The van der Waals surface area contributed by atoms with E-state index in [9.17, 15) is 29.1 Å². The molecular weight excluding hydrogens is 508 g/mol. The third-order valence-corrected chi connectivity index (χ3v) is 6.06. The number of nitrogens with two attached hydrogens (primary N) is 3. The number of hydrogen-bond donors (Lipinski definition) is 8. The van der Waals surface area contributed by atoms with Gasteiger partial charge < -0.3 is 43.4 Å². The lowest BCUT2D eigenvalue weighted by molar-refractivity contribution is -0.142. The van der Waals surface area contributed by atoms with Crippen LogP contribution in [0.25, 0.3) is 0 Å². The number of carboxylic acids is 2. The molecule has 218 valence electrons. The first-order chi connectivity index (χ1) is 18.6. The molecule has 0 aliphatic heterocycles. The third-order valence-electron chi connectivity index (χ3n) is 6.06. The van der Waals surface area contributed by atoms with Crippen LogP contribution >= 0.6 is 0 Å². The number of aliphatic carboxylic acids is 2. The molecule has 4 unspecified atom stereocenters. The second-order valence-corrected chi connectivity index (χ2v) is 9.32. The molecule has 13 nitrogen and oxygen atoms in total. The van der Waals surface area contributed by atoms with Crippen molar-refractivity contribution in [2.75, 3.05) is 13.1 Å². The second kappa shape index (κ2) is 18.7. The first-order valence-electron chi connectivity index (χ1n) is 13.1. The molecule has 1 rings (SSSR count). The molecule has 0 radical (unpaired) electrons. The zero-order chi connectivity index (χ0) is 29.2. The first kappa shape index (κ1) is 33.5. The molecule has 4 atom stereocenters. The number of hydrogen-bond acceptors (Lipinski definition) is 8. The zero-order valence-electron chi connectivity index (χ0n) is 22.1. The number of carboxylic acid groups (broad SMARTS) is 2. The minimum absolute atomic E-state index is 0.0814. The largest absolute Gasteiger partial charge is 0.481 e. The average Bonchev–Trinajstić information content (AvgIpc) is 2.90. The topological polar surface area (TPSA) is 240 Å². The number of carbonyl (C=O) groups is 5. The maximum Gasteiger partial charge on any atom is 0.326 e. The number of carbonyl (C=O) groups excluding carboxylic acids is 3. The molecule has 0 saturated carbocycles. The number of nitrogens with one attached hydrogen (secondary N) is 3.